The summed E-state index contributed by atoms with van der Waals surface area (Å²) in [6.07, 6.45) is 4.14. The van der Waals surface area contributed by atoms with Crippen LogP contribution in [0.15, 0.2) is 0 Å². The van der Waals surface area contributed by atoms with Crippen LogP contribution < -0.4 is 11.1 Å². The molecule has 0 saturated heterocycles. The number of hydrogen-bond donors (Lipinski definition) is 2. The molecule has 1 aliphatic rings. The van der Waals surface area contributed by atoms with Gasteiger partial charge in [0.25, 0.3) is 0 Å². The van der Waals surface area contributed by atoms with Crippen LogP contribution in [0.5, 0.6) is 0 Å². The highest BCUT2D eigenvalue weighted by atomic mass is 32.2. The van der Waals surface area contributed by atoms with E-state index in [2.05, 4.69) is 5.32 Å². The van der Waals surface area contributed by atoms with Gasteiger partial charge in [0.15, 0.2) is 9.84 Å². The predicted octanol–water partition coefficient (Wildman–Crippen LogP) is 0.0532. The minimum atomic E-state index is -3.40. The van der Waals surface area contributed by atoms with Gasteiger partial charge >= 0.3 is 0 Å². The van der Waals surface area contributed by atoms with Gasteiger partial charge in [0.1, 0.15) is 4.75 Å². The van der Waals surface area contributed by atoms with Crippen LogP contribution in [0.1, 0.15) is 33.1 Å². The second-order valence-electron chi connectivity index (χ2n) is 5.35. The number of sulfone groups is 1. The maximum Gasteiger partial charge on any atom is 0.240 e. The summed E-state index contributed by atoms with van der Waals surface area (Å²) < 4.78 is 21.6. The molecule has 0 heterocycles. The number of nitrogens with two attached hydrogens (primary N) is 1. The summed E-state index contributed by atoms with van der Waals surface area (Å²) in [5.41, 5.74) is 5.89. The van der Waals surface area contributed by atoms with Gasteiger partial charge in [-0.2, -0.15) is 0 Å². The lowest BCUT2D eigenvalue weighted by Gasteiger charge is -2.23. The molecular formula is C11H22N2O3S. The molecular weight excluding hydrogens is 240 g/mol. The fourth-order valence-electron chi connectivity index (χ4n) is 1.92. The minimum absolute atomic E-state index is 0.122. The zero-order valence-electron chi connectivity index (χ0n) is 10.7. The van der Waals surface area contributed by atoms with Gasteiger partial charge in [0.05, 0.1) is 0 Å². The quantitative estimate of drug-likeness (QED) is 0.749. The van der Waals surface area contributed by atoms with Crippen molar-refractivity contribution >= 4 is 15.7 Å². The monoisotopic (exact) mass is 262 g/mol. The third-order valence-corrected chi connectivity index (χ3v) is 5.76. The van der Waals surface area contributed by atoms with E-state index in [9.17, 15) is 13.2 Å². The van der Waals surface area contributed by atoms with Gasteiger partial charge in [-0.25, -0.2) is 8.42 Å². The standard InChI is InChI=1S/C11H22N2O3S/c1-11(2,17(3,15)16)10(14)13-7-8-5-4-6-9(8)12/h8-9H,4-7,12H2,1-3H3,(H,13,14). The van der Waals surface area contributed by atoms with Crippen LogP contribution in [0.3, 0.4) is 0 Å². The summed E-state index contributed by atoms with van der Waals surface area (Å²) in [7, 11) is -3.40. The summed E-state index contributed by atoms with van der Waals surface area (Å²) in [5.74, 6) is -0.173. The van der Waals surface area contributed by atoms with Gasteiger partial charge in [-0.1, -0.05) is 6.42 Å². The van der Waals surface area contributed by atoms with Gasteiger partial charge in [-0.3, -0.25) is 4.79 Å². The molecule has 1 amide bonds. The van der Waals surface area contributed by atoms with Crippen LogP contribution in [-0.4, -0.2) is 37.9 Å². The topological polar surface area (TPSA) is 89.3 Å². The van der Waals surface area contributed by atoms with Crippen LogP contribution in [-0.2, 0) is 14.6 Å². The van der Waals surface area contributed by atoms with Gasteiger partial charge < -0.3 is 11.1 Å². The Morgan fingerprint density at radius 2 is 2.00 bits per heavy atom. The Morgan fingerprint density at radius 1 is 1.41 bits per heavy atom. The van der Waals surface area contributed by atoms with Gasteiger partial charge in [0.2, 0.25) is 5.91 Å². The molecule has 0 spiro atoms. The van der Waals surface area contributed by atoms with Crippen molar-refractivity contribution in [2.75, 3.05) is 12.8 Å². The van der Waals surface area contributed by atoms with E-state index in [0.717, 1.165) is 25.5 Å². The lowest BCUT2D eigenvalue weighted by atomic mass is 10.0. The van der Waals surface area contributed by atoms with Gasteiger partial charge in [-0.05, 0) is 32.6 Å². The summed E-state index contributed by atoms with van der Waals surface area (Å²) in [5, 5.41) is 2.70. The zero-order valence-corrected chi connectivity index (χ0v) is 11.5. The van der Waals surface area contributed by atoms with E-state index in [1.165, 1.54) is 13.8 Å². The first-order valence-electron chi connectivity index (χ1n) is 5.89. The third-order valence-electron chi connectivity index (χ3n) is 3.72. The SMILES string of the molecule is CC(C)(C(=O)NCC1CCCC1N)S(C)(=O)=O. The Bertz CT molecular complexity index is 390. The molecule has 6 heteroatoms. The second kappa shape index (κ2) is 4.94. The number of nitrogens with one attached hydrogen (secondary N) is 1. The molecule has 0 bridgehead atoms. The molecule has 0 aliphatic heterocycles. The Labute approximate surface area is 103 Å². The van der Waals surface area contributed by atoms with E-state index in [0.29, 0.717) is 6.54 Å². The van der Waals surface area contributed by atoms with Gasteiger partial charge in [0, 0.05) is 18.8 Å². The highest BCUT2D eigenvalue weighted by Crippen LogP contribution is 2.23. The fourth-order valence-corrected chi connectivity index (χ4v) is 2.33. The molecule has 3 N–H and O–H groups in total. The number of rotatable bonds is 4. The molecule has 0 aromatic carbocycles. The average Bonchev–Trinajstić information content (AvgIpc) is 2.58. The van der Waals surface area contributed by atoms with Crippen LogP contribution >= 0.6 is 0 Å². The molecule has 1 rings (SSSR count). The maximum absolute atomic E-state index is 11.8. The first-order valence-corrected chi connectivity index (χ1v) is 7.79. The Morgan fingerprint density at radius 3 is 2.41 bits per heavy atom. The van der Waals surface area contributed by atoms with Crippen molar-refractivity contribution in [1.29, 1.82) is 0 Å². The van der Waals surface area contributed by atoms with Crippen molar-refractivity contribution in [3.8, 4) is 0 Å². The van der Waals surface area contributed by atoms with Crippen molar-refractivity contribution in [2.45, 2.75) is 43.9 Å². The Balaban J connectivity index is 2.56. The highest BCUT2D eigenvalue weighted by molar-refractivity contribution is 7.92. The molecule has 100 valence electrons. The van der Waals surface area contributed by atoms with Gasteiger partial charge in [-0.15, -0.1) is 0 Å². The second-order valence-corrected chi connectivity index (χ2v) is 7.91. The lowest BCUT2D eigenvalue weighted by molar-refractivity contribution is -0.123. The molecule has 0 aromatic heterocycles. The smallest absolute Gasteiger partial charge is 0.240 e. The molecule has 17 heavy (non-hydrogen) atoms. The summed E-state index contributed by atoms with van der Waals surface area (Å²) >= 11 is 0. The number of carbonyl (C=O) groups excluding carboxylic acids is 1. The molecule has 1 fully saturated rings. The van der Waals surface area contributed by atoms with E-state index in [-0.39, 0.29) is 12.0 Å². The van der Waals surface area contributed by atoms with Crippen molar-refractivity contribution in [3.05, 3.63) is 0 Å². The van der Waals surface area contributed by atoms with Crippen molar-refractivity contribution in [3.63, 3.8) is 0 Å². The molecule has 2 atom stereocenters. The molecule has 2 unspecified atom stereocenters. The summed E-state index contributed by atoms with van der Waals surface area (Å²) in [6.45, 7) is 3.32. The molecule has 5 nitrogen and oxygen atoms in total. The lowest BCUT2D eigenvalue weighted by Crippen LogP contribution is -2.49. The highest BCUT2D eigenvalue weighted by Gasteiger charge is 2.38. The van der Waals surface area contributed by atoms with Crippen molar-refractivity contribution < 1.29 is 13.2 Å². The van der Waals surface area contributed by atoms with Crippen molar-refractivity contribution in [2.24, 2.45) is 11.7 Å². The minimum Gasteiger partial charge on any atom is -0.354 e. The van der Waals surface area contributed by atoms with Crippen LogP contribution in [0.25, 0.3) is 0 Å². The van der Waals surface area contributed by atoms with E-state index >= 15 is 0 Å². The van der Waals surface area contributed by atoms with E-state index < -0.39 is 20.5 Å². The number of amides is 1. The number of hydrogen-bond acceptors (Lipinski definition) is 4. The summed E-state index contributed by atoms with van der Waals surface area (Å²) in [6, 6.07) is 0.122. The largest absolute Gasteiger partial charge is 0.354 e. The van der Waals surface area contributed by atoms with Crippen LogP contribution in [0, 0.1) is 5.92 Å². The average molecular weight is 262 g/mol. The van der Waals surface area contributed by atoms with E-state index in [1.54, 1.807) is 0 Å². The predicted molar refractivity (Wildman–Crippen MR) is 67.2 cm³/mol. The maximum atomic E-state index is 11.8. The molecule has 1 aliphatic carbocycles. The first kappa shape index (κ1) is 14.4. The van der Waals surface area contributed by atoms with E-state index in [4.69, 9.17) is 5.73 Å². The van der Waals surface area contributed by atoms with E-state index in [1.807, 2.05) is 0 Å². The summed E-state index contributed by atoms with van der Waals surface area (Å²) in [4.78, 5) is 11.8. The number of carbonyl (C=O) groups is 1. The fraction of sp³-hybridized carbons (Fsp3) is 0.909. The molecule has 0 aromatic rings. The normalized spacial score (nSPS) is 25.9. The van der Waals surface area contributed by atoms with Crippen LogP contribution in [0.4, 0.5) is 0 Å². The third kappa shape index (κ3) is 3.19. The Kier molecular flexibility index (Phi) is 4.19. The van der Waals surface area contributed by atoms with Crippen molar-refractivity contribution in [1.82, 2.24) is 5.32 Å². The molecule has 0 radical (unpaired) electrons. The zero-order chi connectivity index (χ0) is 13.3. The van der Waals surface area contributed by atoms with Crippen LogP contribution in [0.2, 0.25) is 0 Å². The first-order chi connectivity index (χ1) is 7.66. The Hall–Kier alpha value is -0.620. The molecule has 1 saturated carbocycles.